The average Bonchev–Trinajstić information content (AvgIpc) is 3.00. The number of amides is 1. The van der Waals surface area contributed by atoms with Crippen LogP contribution in [0.3, 0.4) is 0 Å². The van der Waals surface area contributed by atoms with Crippen LogP contribution in [0.5, 0.6) is 0 Å². The lowest BCUT2D eigenvalue weighted by atomic mass is 9.97. The molecule has 1 fully saturated rings. The molecule has 24 heavy (non-hydrogen) atoms. The van der Waals surface area contributed by atoms with Gasteiger partial charge in [-0.2, -0.15) is 0 Å². The second kappa shape index (κ2) is 9.10. The number of hydrogen-bond acceptors (Lipinski definition) is 6. The lowest BCUT2D eigenvalue weighted by molar-refractivity contribution is -0.128. The third-order valence-electron chi connectivity index (χ3n) is 4.21. The molecular weight excluding hydrogens is 310 g/mol. The molecule has 1 aromatic rings. The van der Waals surface area contributed by atoms with E-state index in [1.807, 2.05) is 31.9 Å². The lowest BCUT2D eigenvalue weighted by Crippen LogP contribution is -2.50. The van der Waals surface area contributed by atoms with Gasteiger partial charge in [0.25, 0.3) is 0 Å². The van der Waals surface area contributed by atoms with Crippen LogP contribution < -0.4 is 5.32 Å². The van der Waals surface area contributed by atoms with Crippen LogP contribution in [0.1, 0.15) is 38.3 Å². The quantitative estimate of drug-likeness (QED) is 0.701. The molecule has 1 aromatic heterocycles. The van der Waals surface area contributed by atoms with Crippen molar-refractivity contribution in [3.8, 4) is 0 Å². The highest BCUT2D eigenvalue weighted by Crippen LogP contribution is 2.22. The maximum atomic E-state index is 11.5. The van der Waals surface area contributed by atoms with Crippen molar-refractivity contribution in [2.24, 2.45) is 0 Å². The van der Waals surface area contributed by atoms with Gasteiger partial charge in [0.15, 0.2) is 0 Å². The topological polar surface area (TPSA) is 92.5 Å². The van der Waals surface area contributed by atoms with Gasteiger partial charge in [-0.05, 0) is 33.4 Å². The Labute approximate surface area is 143 Å². The van der Waals surface area contributed by atoms with Crippen LogP contribution in [-0.4, -0.2) is 69.9 Å². The third-order valence-corrected chi connectivity index (χ3v) is 4.21. The molecule has 2 heterocycles. The summed E-state index contributed by atoms with van der Waals surface area (Å²) >= 11 is 0. The monoisotopic (exact) mass is 339 g/mol. The van der Waals surface area contributed by atoms with E-state index >= 15 is 0 Å². The van der Waals surface area contributed by atoms with Crippen molar-refractivity contribution in [3.63, 3.8) is 0 Å². The number of aliphatic hydroxyl groups is 1. The number of rotatable bonds is 8. The van der Waals surface area contributed by atoms with E-state index in [9.17, 15) is 9.90 Å². The molecule has 1 aliphatic heterocycles. The zero-order valence-electron chi connectivity index (χ0n) is 14.8. The van der Waals surface area contributed by atoms with E-state index in [0.29, 0.717) is 6.42 Å². The number of ether oxygens (including phenoxy) is 1. The number of nitrogens with one attached hydrogen (secondary N) is 1. The molecule has 2 rings (SSSR count). The molecule has 0 unspecified atom stereocenters. The molecule has 1 saturated heterocycles. The molecule has 2 N–H and O–H groups in total. The highest BCUT2D eigenvalue weighted by atomic mass is 16.5. The van der Waals surface area contributed by atoms with Gasteiger partial charge < -0.3 is 20.1 Å². The number of carbonyl (C=O) groups is 1. The van der Waals surface area contributed by atoms with Crippen LogP contribution in [0.2, 0.25) is 0 Å². The van der Waals surface area contributed by atoms with E-state index in [1.165, 1.54) is 0 Å². The Balaban J connectivity index is 1.80. The second-order valence-electron chi connectivity index (χ2n) is 6.58. The summed E-state index contributed by atoms with van der Waals surface area (Å²) in [6.45, 7) is 3.24. The summed E-state index contributed by atoms with van der Waals surface area (Å²) < 4.78 is 7.79. The summed E-state index contributed by atoms with van der Waals surface area (Å²) in [4.78, 5) is 13.6. The van der Waals surface area contributed by atoms with Crippen molar-refractivity contribution in [3.05, 3.63) is 11.9 Å². The fourth-order valence-corrected chi connectivity index (χ4v) is 2.94. The Hall–Kier alpha value is -1.51. The molecule has 136 valence electrons. The molecular formula is C16H29N5O3. The lowest BCUT2D eigenvalue weighted by Gasteiger charge is -2.36. The van der Waals surface area contributed by atoms with Crippen molar-refractivity contribution in [1.82, 2.24) is 25.2 Å². The van der Waals surface area contributed by atoms with Crippen LogP contribution in [-0.2, 0) is 22.6 Å². The summed E-state index contributed by atoms with van der Waals surface area (Å²) in [7, 11) is 4.00. The molecule has 1 aliphatic rings. The summed E-state index contributed by atoms with van der Waals surface area (Å²) in [5.41, 5.74) is 0.945. The molecule has 8 nitrogen and oxygen atoms in total. The summed E-state index contributed by atoms with van der Waals surface area (Å²) in [5.74, 6) is -0.00321. The molecule has 1 amide bonds. The Bertz CT molecular complexity index is 520. The summed E-state index contributed by atoms with van der Waals surface area (Å²) in [6.07, 6.45) is 4.64. The molecule has 8 heteroatoms. The first kappa shape index (κ1) is 18.8. The number of aliphatic hydroxyl groups excluding tert-OH is 1. The Morgan fingerprint density at radius 1 is 1.50 bits per heavy atom. The fourth-order valence-electron chi connectivity index (χ4n) is 2.94. The standard InChI is InChI=1S/C16H29N5O3/c1-4-16(23)17-14-6-5-13(24-15(14)11-22)7-8-21-10-12(18-19-21)9-20(2)3/h10,13-15,22H,4-9,11H2,1-3H3,(H,17,23)/t13-,14-,15-/m0/s1. The molecule has 0 aromatic carbocycles. The number of aryl methyl sites for hydroxylation is 1. The number of carbonyl (C=O) groups excluding carboxylic acids is 1. The Kier molecular flexibility index (Phi) is 7.14. The predicted molar refractivity (Wildman–Crippen MR) is 89.2 cm³/mol. The van der Waals surface area contributed by atoms with Crippen molar-refractivity contribution in [1.29, 1.82) is 0 Å². The first-order valence-corrected chi connectivity index (χ1v) is 8.61. The maximum Gasteiger partial charge on any atom is 0.220 e. The minimum absolute atomic E-state index is 0.00321. The van der Waals surface area contributed by atoms with E-state index < -0.39 is 0 Å². The van der Waals surface area contributed by atoms with E-state index in [-0.39, 0.29) is 30.8 Å². The van der Waals surface area contributed by atoms with Gasteiger partial charge in [0.2, 0.25) is 5.91 Å². The van der Waals surface area contributed by atoms with Gasteiger partial charge in [0.05, 0.1) is 24.4 Å². The first-order valence-electron chi connectivity index (χ1n) is 8.61. The number of nitrogens with zero attached hydrogens (tertiary/aromatic N) is 4. The molecule has 0 bridgehead atoms. The van der Waals surface area contributed by atoms with Gasteiger partial charge in [-0.25, -0.2) is 0 Å². The Morgan fingerprint density at radius 3 is 2.96 bits per heavy atom. The van der Waals surface area contributed by atoms with E-state index in [1.54, 1.807) is 0 Å². The highest BCUT2D eigenvalue weighted by Gasteiger charge is 2.31. The van der Waals surface area contributed by atoms with Gasteiger partial charge in [-0.3, -0.25) is 9.48 Å². The van der Waals surface area contributed by atoms with E-state index in [0.717, 1.165) is 38.0 Å². The number of hydrogen-bond donors (Lipinski definition) is 2. The van der Waals surface area contributed by atoms with Gasteiger partial charge in [-0.15, -0.1) is 5.10 Å². The summed E-state index contributed by atoms with van der Waals surface area (Å²) in [6, 6.07) is -0.100. The molecule has 3 atom stereocenters. The predicted octanol–water partition coefficient (Wildman–Crippen LogP) is 0.165. The average molecular weight is 339 g/mol. The molecule has 0 radical (unpaired) electrons. The van der Waals surface area contributed by atoms with Gasteiger partial charge in [0.1, 0.15) is 6.10 Å². The van der Waals surface area contributed by atoms with Gasteiger partial charge >= 0.3 is 0 Å². The smallest absolute Gasteiger partial charge is 0.220 e. The Morgan fingerprint density at radius 2 is 2.29 bits per heavy atom. The van der Waals surface area contributed by atoms with Crippen molar-refractivity contribution < 1.29 is 14.6 Å². The van der Waals surface area contributed by atoms with Crippen LogP contribution in [0.25, 0.3) is 0 Å². The van der Waals surface area contributed by atoms with Crippen LogP contribution >= 0.6 is 0 Å². The highest BCUT2D eigenvalue weighted by molar-refractivity contribution is 5.75. The molecule has 0 saturated carbocycles. The minimum Gasteiger partial charge on any atom is -0.394 e. The normalized spacial score (nSPS) is 24.3. The maximum absolute atomic E-state index is 11.5. The number of aromatic nitrogens is 3. The van der Waals surface area contributed by atoms with E-state index in [4.69, 9.17) is 4.74 Å². The van der Waals surface area contributed by atoms with E-state index in [2.05, 4.69) is 20.5 Å². The largest absolute Gasteiger partial charge is 0.394 e. The van der Waals surface area contributed by atoms with Crippen LogP contribution in [0.4, 0.5) is 0 Å². The van der Waals surface area contributed by atoms with Crippen molar-refractivity contribution >= 4 is 5.91 Å². The zero-order valence-corrected chi connectivity index (χ0v) is 14.8. The van der Waals surface area contributed by atoms with Crippen LogP contribution in [0.15, 0.2) is 6.20 Å². The SMILES string of the molecule is CCC(=O)N[C@H]1CC[C@@H](CCn2cc(CN(C)C)nn2)O[C@H]1CO. The zero-order chi connectivity index (χ0) is 17.5. The summed E-state index contributed by atoms with van der Waals surface area (Å²) in [5, 5.41) is 20.7. The molecule has 0 aliphatic carbocycles. The van der Waals surface area contributed by atoms with Gasteiger partial charge in [0, 0.05) is 25.7 Å². The fraction of sp³-hybridized carbons (Fsp3) is 0.812. The molecule has 0 spiro atoms. The van der Waals surface area contributed by atoms with Gasteiger partial charge in [-0.1, -0.05) is 12.1 Å². The second-order valence-corrected chi connectivity index (χ2v) is 6.58. The first-order chi connectivity index (χ1) is 11.5. The third kappa shape index (κ3) is 5.54. The van der Waals surface area contributed by atoms with Crippen LogP contribution in [0, 0.1) is 0 Å². The minimum atomic E-state index is -0.334. The van der Waals surface area contributed by atoms with Crippen molar-refractivity contribution in [2.45, 2.75) is 63.9 Å². The van der Waals surface area contributed by atoms with Crippen molar-refractivity contribution in [2.75, 3.05) is 20.7 Å².